The molecule has 0 unspecified atom stereocenters. The van der Waals surface area contributed by atoms with Gasteiger partial charge in [0.15, 0.2) is 5.78 Å². The molecule has 0 aliphatic heterocycles. The maximum atomic E-state index is 11.8. The van der Waals surface area contributed by atoms with Gasteiger partial charge < -0.3 is 14.9 Å². The van der Waals surface area contributed by atoms with Crippen LogP contribution in [0.2, 0.25) is 0 Å². The van der Waals surface area contributed by atoms with Gasteiger partial charge in [0.1, 0.15) is 5.75 Å². The maximum absolute atomic E-state index is 11.8. The number of nitrogen functional groups attached to an aromatic ring is 1. The zero-order valence-electron chi connectivity index (χ0n) is 11.8. The number of ether oxygens (including phenoxy) is 1. The van der Waals surface area contributed by atoms with Crippen LogP contribution in [-0.2, 0) is 0 Å². The van der Waals surface area contributed by atoms with E-state index in [0.717, 1.165) is 21.2 Å². The quantitative estimate of drug-likeness (QED) is 0.728. The fourth-order valence-corrected chi connectivity index (χ4v) is 3.55. The van der Waals surface area contributed by atoms with E-state index in [1.807, 2.05) is 25.1 Å². The Kier molecular flexibility index (Phi) is 3.43. The highest BCUT2D eigenvalue weighted by Gasteiger charge is 2.20. The van der Waals surface area contributed by atoms with Crippen LogP contribution < -0.4 is 10.5 Å². The van der Waals surface area contributed by atoms with Crippen molar-refractivity contribution in [2.75, 3.05) is 12.3 Å². The van der Waals surface area contributed by atoms with Crippen LogP contribution in [-0.4, -0.2) is 12.4 Å². The number of anilines is 1. The number of Topliss-reactive ketones (excluding diaryl/α,β-unsaturated/α-hetero) is 1. The number of furan rings is 1. The van der Waals surface area contributed by atoms with Gasteiger partial charge in [0, 0.05) is 22.8 Å². The summed E-state index contributed by atoms with van der Waals surface area (Å²) in [5.74, 6) is 0.676. The summed E-state index contributed by atoms with van der Waals surface area (Å²) in [5.41, 5.74) is 8.63. The molecule has 3 aromatic rings. The molecule has 2 heterocycles. The number of carbonyl (C=O) groups is 1. The van der Waals surface area contributed by atoms with Crippen molar-refractivity contribution in [2.45, 2.75) is 13.8 Å². The number of thiophene rings is 1. The topological polar surface area (TPSA) is 65.5 Å². The number of fused-ring (bicyclic) bond motifs is 1. The summed E-state index contributed by atoms with van der Waals surface area (Å²) in [7, 11) is 0. The van der Waals surface area contributed by atoms with Gasteiger partial charge in [-0.05, 0) is 25.1 Å². The third-order valence-corrected chi connectivity index (χ3v) is 4.63. The van der Waals surface area contributed by atoms with Gasteiger partial charge in [0.05, 0.1) is 35.1 Å². The molecular weight excluding hydrogens is 286 g/mol. The highest BCUT2D eigenvalue weighted by atomic mass is 32.1. The smallest absolute Gasteiger partial charge is 0.171 e. The van der Waals surface area contributed by atoms with Crippen LogP contribution in [0.1, 0.15) is 23.5 Å². The van der Waals surface area contributed by atoms with Crippen LogP contribution in [0.15, 0.2) is 35.1 Å². The second-order valence-electron chi connectivity index (χ2n) is 4.66. The highest BCUT2D eigenvalue weighted by molar-refractivity contribution is 7.22. The molecule has 0 aliphatic rings. The molecule has 0 saturated carbocycles. The maximum Gasteiger partial charge on any atom is 0.171 e. The first-order chi connectivity index (χ1) is 10.1. The van der Waals surface area contributed by atoms with Crippen molar-refractivity contribution in [1.29, 1.82) is 0 Å². The number of hydrogen-bond acceptors (Lipinski definition) is 5. The molecular formula is C16H15NO3S. The Bertz CT molecular complexity index is 803. The van der Waals surface area contributed by atoms with Crippen LogP contribution in [0.5, 0.6) is 5.75 Å². The molecule has 108 valence electrons. The normalized spacial score (nSPS) is 11.0. The monoisotopic (exact) mass is 301 g/mol. The summed E-state index contributed by atoms with van der Waals surface area (Å²) in [4.78, 5) is 12.3. The summed E-state index contributed by atoms with van der Waals surface area (Å²) in [6, 6.07) is 5.75. The molecule has 5 heteroatoms. The summed E-state index contributed by atoms with van der Waals surface area (Å²) in [6.07, 6.45) is 3.30. The lowest BCUT2D eigenvalue weighted by Crippen LogP contribution is -1.96. The van der Waals surface area contributed by atoms with E-state index in [2.05, 4.69) is 0 Å². The summed E-state index contributed by atoms with van der Waals surface area (Å²) in [6.45, 7) is 3.99. The molecule has 0 saturated heterocycles. The van der Waals surface area contributed by atoms with Crippen molar-refractivity contribution >= 4 is 32.9 Å². The lowest BCUT2D eigenvalue weighted by atomic mass is 10.1. The average Bonchev–Trinajstić information content (AvgIpc) is 3.08. The Morgan fingerprint density at radius 2 is 2.19 bits per heavy atom. The van der Waals surface area contributed by atoms with Crippen LogP contribution in [0.3, 0.4) is 0 Å². The number of hydrogen-bond donors (Lipinski definition) is 1. The fraction of sp³-hybridized carbons (Fsp3) is 0.188. The van der Waals surface area contributed by atoms with Gasteiger partial charge in [0.25, 0.3) is 0 Å². The predicted octanol–water partition coefficient (Wildman–Crippen LogP) is 4.34. The standard InChI is InChI=1S/C16H15NO3S/c1-3-20-12-5-4-11(10-6-7-19-8-10)16-13(12)14(17)15(21-16)9(2)18/h4-8H,3,17H2,1-2H3. The third kappa shape index (κ3) is 2.19. The lowest BCUT2D eigenvalue weighted by Gasteiger charge is -2.08. The SMILES string of the molecule is CCOc1ccc(-c2ccoc2)c2sc(C(C)=O)c(N)c12. The molecule has 0 fully saturated rings. The summed E-state index contributed by atoms with van der Waals surface area (Å²) in [5, 5.41) is 0.811. The molecule has 1 aromatic carbocycles. The van der Waals surface area contributed by atoms with Crippen LogP contribution in [0.4, 0.5) is 5.69 Å². The van der Waals surface area contributed by atoms with Crippen LogP contribution >= 0.6 is 11.3 Å². The Morgan fingerprint density at radius 1 is 1.38 bits per heavy atom. The van der Waals surface area contributed by atoms with Gasteiger partial charge in [-0.1, -0.05) is 0 Å². The van der Waals surface area contributed by atoms with E-state index in [0.29, 0.717) is 22.9 Å². The van der Waals surface area contributed by atoms with Crippen molar-refractivity contribution in [3.8, 4) is 16.9 Å². The van der Waals surface area contributed by atoms with Crippen LogP contribution in [0, 0.1) is 0 Å². The second kappa shape index (κ2) is 5.26. The molecule has 2 aromatic heterocycles. The molecule has 21 heavy (non-hydrogen) atoms. The van der Waals surface area contributed by atoms with Crippen LogP contribution in [0.25, 0.3) is 21.2 Å². The Balaban J connectivity index is 2.35. The number of ketones is 1. The first-order valence-corrected chi connectivity index (χ1v) is 7.46. The zero-order valence-corrected chi connectivity index (χ0v) is 12.6. The molecule has 2 N–H and O–H groups in total. The lowest BCUT2D eigenvalue weighted by molar-refractivity contribution is 0.102. The van der Waals surface area contributed by atoms with Gasteiger partial charge >= 0.3 is 0 Å². The molecule has 0 bridgehead atoms. The molecule has 0 aliphatic carbocycles. The predicted molar refractivity (Wildman–Crippen MR) is 85.1 cm³/mol. The Hall–Kier alpha value is -2.27. The minimum atomic E-state index is -0.0331. The average molecular weight is 301 g/mol. The summed E-state index contributed by atoms with van der Waals surface area (Å²) < 4.78 is 11.8. The largest absolute Gasteiger partial charge is 0.493 e. The van der Waals surface area contributed by atoms with E-state index in [-0.39, 0.29) is 5.78 Å². The molecule has 0 amide bonds. The van der Waals surface area contributed by atoms with Crippen molar-refractivity contribution in [1.82, 2.24) is 0 Å². The number of nitrogens with two attached hydrogens (primary N) is 1. The summed E-state index contributed by atoms with van der Waals surface area (Å²) >= 11 is 1.40. The molecule has 0 radical (unpaired) electrons. The third-order valence-electron chi connectivity index (χ3n) is 3.29. The van der Waals surface area contributed by atoms with E-state index in [1.165, 1.54) is 18.3 Å². The van der Waals surface area contributed by atoms with E-state index < -0.39 is 0 Å². The van der Waals surface area contributed by atoms with E-state index in [4.69, 9.17) is 14.9 Å². The molecule has 4 nitrogen and oxygen atoms in total. The zero-order chi connectivity index (χ0) is 15.0. The number of benzene rings is 1. The molecule has 0 atom stereocenters. The van der Waals surface area contributed by atoms with E-state index >= 15 is 0 Å². The van der Waals surface area contributed by atoms with Gasteiger partial charge in [0.2, 0.25) is 0 Å². The van der Waals surface area contributed by atoms with Crippen molar-refractivity contribution in [2.24, 2.45) is 0 Å². The fourth-order valence-electron chi connectivity index (χ4n) is 2.38. The van der Waals surface area contributed by atoms with E-state index in [9.17, 15) is 4.79 Å². The number of carbonyl (C=O) groups excluding carboxylic acids is 1. The minimum absolute atomic E-state index is 0.0331. The molecule has 3 rings (SSSR count). The van der Waals surface area contributed by atoms with Crippen molar-refractivity contribution in [3.63, 3.8) is 0 Å². The van der Waals surface area contributed by atoms with Crippen molar-refractivity contribution in [3.05, 3.63) is 35.6 Å². The first kappa shape index (κ1) is 13.7. The van der Waals surface area contributed by atoms with E-state index in [1.54, 1.807) is 12.5 Å². The van der Waals surface area contributed by atoms with Gasteiger partial charge in [-0.3, -0.25) is 4.79 Å². The molecule has 0 spiro atoms. The number of rotatable bonds is 4. The highest BCUT2D eigenvalue weighted by Crippen LogP contribution is 2.44. The van der Waals surface area contributed by atoms with Crippen molar-refractivity contribution < 1.29 is 13.9 Å². The van der Waals surface area contributed by atoms with Gasteiger partial charge in [-0.2, -0.15) is 0 Å². The Morgan fingerprint density at radius 3 is 2.81 bits per heavy atom. The van der Waals surface area contributed by atoms with Gasteiger partial charge in [-0.25, -0.2) is 0 Å². The van der Waals surface area contributed by atoms with Gasteiger partial charge in [-0.15, -0.1) is 11.3 Å². The Labute approximate surface area is 126 Å². The first-order valence-electron chi connectivity index (χ1n) is 6.64. The minimum Gasteiger partial charge on any atom is -0.493 e. The second-order valence-corrected chi connectivity index (χ2v) is 5.68.